The number of carbonyl (C=O) groups is 1. The largest absolute Gasteiger partial charge is 0.342 e. The van der Waals surface area contributed by atoms with Crippen LogP contribution in [0.1, 0.15) is 37.1 Å². The lowest BCUT2D eigenvalue weighted by atomic mass is 9.99. The molecular weight excluding hydrogens is 354 g/mol. The Morgan fingerprint density at radius 1 is 1.32 bits per heavy atom. The number of piperidine rings is 1. The molecule has 7 heteroatoms. The molecule has 0 saturated carbocycles. The molecule has 5 nitrogen and oxygen atoms in total. The van der Waals surface area contributed by atoms with Crippen LogP contribution in [-0.4, -0.2) is 38.7 Å². The minimum absolute atomic E-state index is 0.0270. The zero-order valence-electron chi connectivity index (χ0n) is 15.5. The fourth-order valence-corrected chi connectivity index (χ4v) is 5.18. The SMILES string of the molecule is Cc1sc2nc(SC(C)C(=O)N3CCC(C)CC3)n(C)c(=O)c2c1C. The van der Waals surface area contributed by atoms with Gasteiger partial charge in [0.25, 0.3) is 5.56 Å². The lowest BCUT2D eigenvalue weighted by Gasteiger charge is -2.32. The van der Waals surface area contributed by atoms with Crippen LogP contribution in [0.15, 0.2) is 9.95 Å². The van der Waals surface area contributed by atoms with Crippen LogP contribution >= 0.6 is 23.1 Å². The van der Waals surface area contributed by atoms with Crippen molar-refractivity contribution in [1.82, 2.24) is 14.5 Å². The van der Waals surface area contributed by atoms with Crippen molar-refractivity contribution in [1.29, 1.82) is 0 Å². The van der Waals surface area contributed by atoms with Crippen molar-refractivity contribution in [3.8, 4) is 0 Å². The van der Waals surface area contributed by atoms with Crippen LogP contribution < -0.4 is 5.56 Å². The summed E-state index contributed by atoms with van der Waals surface area (Å²) < 4.78 is 1.58. The molecule has 136 valence electrons. The van der Waals surface area contributed by atoms with Crippen molar-refractivity contribution >= 4 is 39.2 Å². The first-order valence-corrected chi connectivity index (χ1v) is 10.4. The summed E-state index contributed by atoms with van der Waals surface area (Å²) in [5, 5.41) is 1.08. The number of aryl methyl sites for hydroxylation is 2. The van der Waals surface area contributed by atoms with Crippen molar-refractivity contribution < 1.29 is 4.79 Å². The van der Waals surface area contributed by atoms with Crippen molar-refractivity contribution in [2.75, 3.05) is 13.1 Å². The summed E-state index contributed by atoms with van der Waals surface area (Å²) in [7, 11) is 1.74. The molecule has 0 N–H and O–H groups in total. The molecule has 1 fully saturated rings. The van der Waals surface area contributed by atoms with E-state index in [9.17, 15) is 9.59 Å². The number of amides is 1. The lowest BCUT2D eigenvalue weighted by Crippen LogP contribution is -2.41. The third-order valence-electron chi connectivity index (χ3n) is 5.09. The maximum Gasteiger partial charge on any atom is 0.262 e. The number of rotatable bonds is 3. The number of fused-ring (bicyclic) bond motifs is 1. The van der Waals surface area contributed by atoms with Gasteiger partial charge in [-0.3, -0.25) is 14.2 Å². The zero-order valence-corrected chi connectivity index (χ0v) is 17.1. The summed E-state index contributed by atoms with van der Waals surface area (Å²) in [6, 6.07) is 0. The summed E-state index contributed by atoms with van der Waals surface area (Å²) in [6.07, 6.45) is 2.14. The van der Waals surface area contributed by atoms with E-state index in [0.717, 1.165) is 41.2 Å². The number of nitrogens with zero attached hydrogens (tertiary/aromatic N) is 3. The third-order valence-corrected chi connectivity index (χ3v) is 7.33. The normalized spacial score (nSPS) is 17.2. The fraction of sp³-hybridized carbons (Fsp3) is 0.611. The van der Waals surface area contributed by atoms with Crippen LogP contribution in [0.5, 0.6) is 0 Å². The average molecular weight is 380 g/mol. The van der Waals surface area contributed by atoms with E-state index in [1.807, 2.05) is 25.7 Å². The molecule has 0 spiro atoms. The number of carbonyl (C=O) groups excluding carboxylic acids is 1. The van der Waals surface area contributed by atoms with Gasteiger partial charge in [-0.05, 0) is 45.1 Å². The molecule has 3 rings (SSSR count). The van der Waals surface area contributed by atoms with Gasteiger partial charge in [-0.25, -0.2) is 4.98 Å². The highest BCUT2D eigenvalue weighted by Crippen LogP contribution is 2.30. The van der Waals surface area contributed by atoms with Gasteiger partial charge in [0.15, 0.2) is 5.16 Å². The van der Waals surface area contributed by atoms with E-state index in [1.54, 1.807) is 23.0 Å². The van der Waals surface area contributed by atoms with Crippen LogP contribution in [0.2, 0.25) is 0 Å². The van der Waals surface area contributed by atoms with Gasteiger partial charge in [0.2, 0.25) is 5.91 Å². The van der Waals surface area contributed by atoms with Crippen LogP contribution in [0, 0.1) is 19.8 Å². The minimum Gasteiger partial charge on any atom is -0.342 e. The summed E-state index contributed by atoms with van der Waals surface area (Å²) in [5.41, 5.74) is 0.983. The molecule has 2 aromatic rings. The highest BCUT2D eigenvalue weighted by atomic mass is 32.2. The van der Waals surface area contributed by atoms with E-state index >= 15 is 0 Å². The van der Waals surface area contributed by atoms with E-state index in [1.165, 1.54) is 11.8 Å². The molecule has 0 radical (unpaired) electrons. The topological polar surface area (TPSA) is 55.2 Å². The second-order valence-electron chi connectivity index (χ2n) is 6.99. The number of likely N-dealkylation sites (tertiary alicyclic amines) is 1. The van der Waals surface area contributed by atoms with Gasteiger partial charge in [-0.1, -0.05) is 18.7 Å². The average Bonchev–Trinajstić information content (AvgIpc) is 2.86. The molecule has 1 amide bonds. The van der Waals surface area contributed by atoms with E-state index in [4.69, 9.17) is 0 Å². The van der Waals surface area contributed by atoms with E-state index in [-0.39, 0.29) is 16.7 Å². The molecule has 2 aromatic heterocycles. The predicted molar refractivity (Wildman–Crippen MR) is 105 cm³/mol. The second kappa shape index (κ2) is 7.11. The first kappa shape index (κ1) is 18.5. The first-order valence-electron chi connectivity index (χ1n) is 8.71. The molecular formula is C18H25N3O2S2. The van der Waals surface area contributed by atoms with E-state index < -0.39 is 0 Å². The molecule has 25 heavy (non-hydrogen) atoms. The smallest absolute Gasteiger partial charge is 0.262 e. The molecule has 1 atom stereocenters. The zero-order chi connectivity index (χ0) is 18.3. The summed E-state index contributed by atoms with van der Waals surface area (Å²) in [6.45, 7) is 9.79. The number of aromatic nitrogens is 2. The van der Waals surface area contributed by atoms with Gasteiger partial charge in [-0.2, -0.15) is 0 Å². The van der Waals surface area contributed by atoms with Crippen molar-refractivity contribution in [2.45, 2.75) is 50.9 Å². The number of thioether (sulfide) groups is 1. The van der Waals surface area contributed by atoms with Gasteiger partial charge in [0.05, 0.1) is 10.6 Å². The first-order chi connectivity index (χ1) is 11.8. The Kier molecular flexibility index (Phi) is 5.25. The summed E-state index contributed by atoms with van der Waals surface area (Å²) in [5.74, 6) is 0.840. The number of hydrogen-bond donors (Lipinski definition) is 0. The molecule has 0 aromatic carbocycles. The molecule has 0 aliphatic carbocycles. The van der Waals surface area contributed by atoms with Crippen molar-refractivity contribution in [3.63, 3.8) is 0 Å². The van der Waals surface area contributed by atoms with Crippen LogP contribution in [0.25, 0.3) is 10.2 Å². The van der Waals surface area contributed by atoms with Gasteiger partial charge in [-0.15, -0.1) is 11.3 Å². The van der Waals surface area contributed by atoms with Gasteiger partial charge in [0, 0.05) is 25.0 Å². The van der Waals surface area contributed by atoms with Gasteiger partial charge < -0.3 is 4.90 Å². The van der Waals surface area contributed by atoms with Crippen LogP contribution in [-0.2, 0) is 11.8 Å². The maximum atomic E-state index is 12.7. The number of hydrogen-bond acceptors (Lipinski definition) is 5. The Balaban J connectivity index is 1.84. The van der Waals surface area contributed by atoms with E-state index in [2.05, 4.69) is 11.9 Å². The Labute approximate surface area is 156 Å². The Morgan fingerprint density at radius 2 is 1.96 bits per heavy atom. The van der Waals surface area contributed by atoms with Gasteiger partial charge >= 0.3 is 0 Å². The molecule has 1 aliphatic heterocycles. The molecule has 1 unspecified atom stereocenters. The predicted octanol–water partition coefficient (Wildman–Crippen LogP) is 3.35. The monoisotopic (exact) mass is 379 g/mol. The summed E-state index contributed by atoms with van der Waals surface area (Å²) >= 11 is 2.93. The minimum atomic E-state index is -0.244. The standard InChI is InChI=1S/C18H25N3O2S2/c1-10-6-8-21(9-7-10)16(22)13(4)25-18-19-15-14(17(23)20(18)5)11(2)12(3)24-15/h10,13H,6-9H2,1-5H3. The van der Waals surface area contributed by atoms with Crippen molar-refractivity contribution in [3.05, 3.63) is 20.8 Å². The van der Waals surface area contributed by atoms with Crippen LogP contribution in [0.3, 0.4) is 0 Å². The Bertz CT molecular complexity index is 863. The highest BCUT2D eigenvalue weighted by Gasteiger charge is 2.26. The molecule has 1 aliphatic rings. The fourth-order valence-electron chi connectivity index (χ4n) is 3.16. The molecule has 1 saturated heterocycles. The Hall–Kier alpha value is -1.34. The molecule has 3 heterocycles. The third kappa shape index (κ3) is 3.49. The second-order valence-corrected chi connectivity index (χ2v) is 9.50. The maximum absolute atomic E-state index is 12.7. The van der Waals surface area contributed by atoms with Crippen LogP contribution in [0.4, 0.5) is 0 Å². The highest BCUT2D eigenvalue weighted by molar-refractivity contribution is 8.00. The van der Waals surface area contributed by atoms with E-state index in [0.29, 0.717) is 16.5 Å². The van der Waals surface area contributed by atoms with Crippen molar-refractivity contribution in [2.24, 2.45) is 13.0 Å². The summed E-state index contributed by atoms with van der Waals surface area (Å²) in [4.78, 5) is 33.9. The molecule has 0 bridgehead atoms. The lowest BCUT2D eigenvalue weighted by molar-refractivity contribution is -0.131. The number of thiophene rings is 1. The Morgan fingerprint density at radius 3 is 2.60 bits per heavy atom. The van der Waals surface area contributed by atoms with Gasteiger partial charge in [0.1, 0.15) is 4.83 Å². The quantitative estimate of drug-likeness (QED) is 0.606.